The van der Waals surface area contributed by atoms with Gasteiger partial charge in [-0.3, -0.25) is 0 Å². The van der Waals surface area contributed by atoms with Gasteiger partial charge in [-0.15, -0.1) is 0 Å². The summed E-state index contributed by atoms with van der Waals surface area (Å²) in [6, 6.07) is 4.71. The lowest BCUT2D eigenvalue weighted by atomic mass is 10.0. The first-order chi connectivity index (χ1) is 10.1. The Bertz CT molecular complexity index is 523. The van der Waals surface area contributed by atoms with Crippen molar-refractivity contribution >= 4 is 12.0 Å². The molecule has 0 saturated carbocycles. The Morgan fingerprint density at radius 3 is 3.00 bits per heavy atom. The smallest absolute Gasteiger partial charge is 0.330 e. The Morgan fingerprint density at radius 1 is 1.57 bits per heavy atom. The number of halogens is 1. The molecular formula is C16H19FO4. The third-order valence-electron chi connectivity index (χ3n) is 3.11. The summed E-state index contributed by atoms with van der Waals surface area (Å²) in [7, 11) is 0. The van der Waals surface area contributed by atoms with Gasteiger partial charge >= 0.3 is 5.97 Å². The first-order valence-corrected chi connectivity index (χ1v) is 6.98. The summed E-state index contributed by atoms with van der Waals surface area (Å²) in [5, 5.41) is 0. The van der Waals surface area contributed by atoms with E-state index in [2.05, 4.69) is 0 Å². The highest BCUT2D eigenvalue weighted by Gasteiger charge is 2.25. The van der Waals surface area contributed by atoms with Crippen LogP contribution in [0.25, 0.3) is 6.08 Å². The molecule has 4 nitrogen and oxygen atoms in total. The lowest BCUT2D eigenvalue weighted by molar-refractivity contribution is -0.137. The summed E-state index contributed by atoms with van der Waals surface area (Å²) in [6.45, 7) is 4.95. The van der Waals surface area contributed by atoms with Crippen molar-refractivity contribution in [2.24, 2.45) is 0 Å². The highest BCUT2D eigenvalue weighted by molar-refractivity contribution is 5.87. The van der Waals surface area contributed by atoms with Crippen LogP contribution in [-0.4, -0.2) is 31.9 Å². The van der Waals surface area contributed by atoms with Crippen molar-refractivity contribution in [2.45, 2.75) is 26.1 Å². The summed E-state index contributed by atoms with van der Waals surface area (Å²) in [5.74, 6) is -0.808. The second-order valence-corrected chi connectivity index (χ2v) is 4.76. The van der Waals surface area contributed by atoms with Gasteiger partial charge in [-0.2, -0.15) is 0 Å². The molecule has 0 bridgehead atoms. The number of carbonyl (C=O) groups is 1. The minimum atomic E-state index is -0.451. The lowest BCUT2D eigenvalue weighted by Crippen LogP contribution is -2.09. The second kappa shape index (κ2) is 7.33. The lowest BCUT2D eigenvalue weighted by Gasteiger charge is -2.16. The molecule has 1 saturated heterocycles. The first-order valence-electron chi connectivity index (χ1n) is 6.98. The highest BCUT2D eigenvalue weighted by Crippen LogP contribution is 2.26. The van der Waals surface area contributed by atoms with Gasteiger partial charge in [0.2, 0.25) is 0 Å². The maximum absolute atomic E-state index is 14.1. The fourth-order valence-electron chi connectivity index (χ4n) is 1.98. The van der Waals surface area contributed by atoms with Crippen LogP contribution in [0.15, 0.2) is 24.3 Å². The molecule has 114 valence electrons. The normalized spacial score (nSPS) is 18.7. The summed E-state index contributed by atoms with van der Waals surface area (Å²) in [4.78, 5) is 11.4. The van der Waals surface area contributed by atoms with Crippen molar-refractivity contribution in [1.29, 1.82) is 0 Å². The van der Waals surface area contributed by atoms with E-state index in [0.717, 1.165) is 0 Å². The Hall–Kier alpha value is -1.72. The number of hydrogen-bond donors (Lipinski definition) is 0. The van der Waals surface area contributed by atoms with E-state index >= 15 is 0 Å². The van der Waals surface area contributed by atoms with Gasteiger partial charge in [0.1, 0.15) is 11.9 Å². The van der Waals surface area contributed by atoms with Crippen LogP contribution in [0, 0.1) is 5.82 Å². The van der Waals surface area contributed by atoms with Crippen LogP contribution < -0.4 is 0 Å². The van der Waals surface area contributed by atoms with Crippen molar-refractivity contribution in [3.63, 3.8) is 0 Å². The molecule has 1 heterocycles. The number of epoxide rings is 1. The molecule has 1 aliphatic heterocycles. The number of benzene rings is 1. The van der Waals surface area contributed by atoms with Crippen LogP contribution in [-0.2, 0) is 19.0 Å². The SMILES string of the molecule is CCOC(=O)/C=C/c1cccc(F)c1C(C)OC[C@H]1CO1. The molecule has 0 spiro atoms. The average molecular weight is 294 g/mol. The van der Waals surface area contributed by atoms with Crippen molar-refractivity contribution in [3.05, 3.63) is 41.2 Å². The second-order valence-electron chi connectivity index (χ2n) is 4.76. The van der Waals surface area contributed by atoms with Crippen LogP contribution in [0.5, 0.6) is 0 Å². The largest absolute Gasteiger partial charge is 0.463 e. The predicted octanol–water partition coefficient (Wildman–Crippen LogP) is 2.88. The average Bonchev–Trinajstić information content (AvgIpc) is 3.27. The number of ether oxygens (including phenoxy) is 3. The number of carbonyl (C=O) groups excluding carboxylic acids is 1. The highest BCUT2D eigenvalue weighted by atomic mass is 19.1. The predicted molar refractivity (Wildman–Crippen MR) is 76.2 cm³/mol. The number of hydrogen-bond acceptors (Lipinski definition) is 4. The van der Waals surface area contributed by atoms with Crippen LogP contribution >= 0.6 is 0 Å². The Labute approximate surface area is 123 Å². The molecule has 0 radical (unpaired) electrons. The molecule has 1 unspecified atom stereocenters. The van der Waals surface area contributed by atoms with Crippen LogP contribution in [0.4, 0.5) is 4.39 Å². The minimum Gasteiger partial charge on any atom is -0.463 e. The van der Waals surface area contributed by atoms with E-state index in [9.17, 15) is 9.18 Å². The number of rotatable bonds is 7. The van der Waals surface area contributed by atoms with Gasteiger partial charge in [0.05, 0.1) is 25.9 Å². The molecule has 0 N–H and O–H groups in total. The van der Waals surface area contributed by atoms with E-state index in [1.165, 1.54) is 12.1 Å². The van der Waals surface area contributed by atoms with Crippen LogP contribution in [0.1, 0.15) is 31.1 Å². The summed E-state index contributed by atoms with van der Waals surface area (Å²) < 4.78 is 29.5. The fraction of sp³-hybridized carbons (Fsp3) is 0.438. The van der Waals surface area contributed by atoms with Gasteiger partial charge in [0.25, 0.3) is 0 Å². The van der Waals surface area contributed by atoms with Gasteiger partial charge < -0.3 is 14.2 Å². The quantitative estimate of drug-likeness (QED) is 0.441. The van der Waals surface area contributed by atoms with Gasteiger partial charge in [-0.1, -0.05) is 12.1 Å². The van der Waals surface area contributed by atoms with E-state index in [1.54, 1.807) is 32.1 Å². The van der Waals surface area contributed by atoms with Gasteiger partial charge in [0, 0.05) is 11.6 Å². The monoisotopic (exact) mass is 294 g/mol. The third kappa shape index (κ3) is 4.65. The summed E-state index contributed by atoms with van der Waals surface area (Å²) >= 11 is 0. The Kier molecular flexibility index (Phi) is 5.47. The molecule has 2 atom stereocenters. The summed E-state index contributed by atoms with van der Waals surface area (Å²) in [6.07, 6.45) is 2.54. The number of esters is 1. The van der Waals surface area contributed by atoms with E-state index in [0.29, 0.717) is 30.9 Å². The molecule has 1 aromatic carbocycles. The van der Waals surface area contributed by atoms with Crippen LogP contribution in [0.2, 0.25) is 0 Å². The van der Waals surface area contributed by atoms with E-state index < -0.39 is 12.1 Å². The van der Waals surface area contributed by atoms with Crippen LogP contribution in [0.3, 0.4) is 0 Å². The molecule has 5 heteroatoms. The Balaban J connectivity index is 2.12. The fourth-order valence-corrected chi connectivity index (χ4v) is 1.98. The third-order valence-corrected chi connectivity index (χ3v) is 3.11. The molecule has 0 aromatic heterocycles. The zero-order chi connectivity index (χ0) is 15.2. The van der Waals surface area contributed by atoms with Crippen molar-refractivity contribution in [1.82, 2.24) is 0 Å². The summed E-state index contributed by atoms with van der Waals surface area (Å²) in [5.41, 5.74) is 1.03. The molecule has 1 fully saturated rings. The molecular weight excluding hydrogens is 275 g/mol. The van der Waals surface area contributed by atoms with Crippen molar-refractivity contribution in [2.75, 3.05) is 19.8 Å². The van der Waals surface area contributed by atoms with E-state index in [1.807, 2.05) is 0 Å². The standard InChI is InChI=1S/C16H19FO4/c1-3-19-15(18)8-7-12-5-4-6-14(17)16(12)11(2)20-9-13-10-21-13/h4-8,11,13H,3,9-10H2,1-2H3/b8-7+/t11?,13-/m0/s1. The first kappa shape index (κ1) is 15.7. The maximum atomic E-state index is 14.1. The zero-order valence-electron chi connectivity index (χ0n) is 12.2. The van der Waals surface area contributed by atoms with Gasteiger partial charge in [-0.05, 0) is 31.6 Å². The molecule has 1 aliphatic rings. The molecule has 2 rings (SSSR count). The zero-order valence-corrected chi connectivity index (χ0v) is 12.2. The van der Waals surface area contributed by atoms with Gasteiger partial charge in [0.15, 0.2) is 0 Å². The molecule has 21 heavy (non-hydrogen) atoms. The minimum absolute atomic E-state index is 0.123. The maximum Gasteiger partial charge on any atom is 0.330 e. The van der Waals surface area contributed by atoms with Gasteiger partial charge in [-0.25, -0.2) is 9.18 Å². The molecule has 0 amide bonds. The van der Waals surface area contributed by atoms with E-state index in [4.69, 9.17) is 14.2 Å². The Morgan fingerprint density at radius 2 is 2.33 bits per heavy atom. The molecule has 1 aromatic rings. The van der Waals surface area contributed by atoms with Crippen molar-refractivity contribution < 1.29 is 23.4 Å². The topological polar surface area (TPSA) is 48.1 Å². The van der Waals surface area contributed by atoms with Crippen molar-refractivity contribution in [3.8, 4) is 0 Å². The molecule has 0 aliphatic carbocycles. The van der Waals surface area contributed by atoms with E-state index in [-0.39, 0.29) is 11.9 Å².